The van der Waals surface area contributed by atoms with Crippen LogP contribution >= 0.6 is 0 Å². The monoisotopic (exact) mass is 226 g/mol. The molecule has 1 saturated heterocycles. The van der Waals surface area contributed by atoms with E-state index in [0.717, 1.165) is 32.1 Å². The second-order valence-corrected chi connectivity index (χ2v) is 5.25. The molecule has 3 fully saturated rings. The van der Waals surface area contributed by atoms with Crippen LogP contribution in [0.15, 0.2) is 0 Å². The van der Waals surface area contributed by atoms with Crippen molar-refractivity contribution in [3.8, 4) is 0 Å². The maximum Gasteiger partial charge on any atom is 0.309 e. The molecular formula is C12H18O4. The van der Waals surface area contributed by atoms with Gasteiger partial charge in [-0.2, -0.15) is 0 Å². The van der Waals surface area contributed by atoms with E-state index in [2.05, 4.69) is 0 Å². The second-order valence-electron chi connectivity index (χ2n) is 5.25. The predicted octanol–water partition coefficient (Wildman–Crippen LogP) is 1.48. The maximum absolute atomic E-state index is 11.5. The fraction of sp³-hybridized carbons (Fsp3) is 0.917. The number of methoxy groups -OCH3 is 1. The van der Waals surface area contributed by atoms with E-state index in [4.69, 9.17) is 14.2 Å². The number of carbonyl (C=O) groups is 1. The standard InChI is InChI=1S/C12H18O4/c1-14-10(13)9-8-11(9)2-4-12(5-3-11)15-6-7-16-12/h9H,2-8H2,1H3. The van der Waals surface area contributed by atoms with E-state index in [1.807, 2.05) is 0 Å². The Balaban J connectivity index is 1.61. The molecule has 0 aromatic carbocycles. The molecule has 4 heteroatoms. The lowest BCUT2D eigenvalue weighted by atomic mass is 9.81. The summed E-state index contributed by atoms with van der Waals surface area (Å²) in [5.41, 5.74) is 0.216. The van der Waals surface area contributed by atoms with Crippen molar-refractivity contribution in [2.45, 2.75) is 37.9 Å². The smallest absolute Gasteiger partial charge is 0.309 e. The summed E-state index contributed by atoms with van der Waals surface area (Å²) in [4.78, 5) is 11.5. The largest absolute Gasteiger partial charge is 0.469 e. The van der Waals surface area contributed by atoms with Crippen LogP contribution in [0.3, 0.4) is 0 Å². The number of hydrogen-bond acceptors (Lipinski definition) is 4. The lowest BCUT2D eigenvalue weighted by Gasteiger charge is -2.36. The minimum Gasteiger partial charge on any atom is -0.469 e. The van der Waals surface area contributed by atoms with Crippen LogP contribution in [-0.4, -0.2) is 32.1 Å². The Morgan fingerprint density at radius 3 is 2.38 bits per heavy atom. The molecule has 3 aliphatic rings. The van der Waals surface area contributed by atoms with Crippen molar-refractivity contribution in [1.82, 2.24) is 0 Å². The molecule has 0 N–H and O–H groups in total. The van der Waals surface area contributed by atoms with Crippen LogP contribution in [-0.2, 0) is 19.0 Å². The minimum atomic E-state index is -0.311. The Hall–Kier alpha value is -0.610. The third-order valence-corrected chi connectivity index (χ3v) is 4.50. The van der Waals surface area contributed by atoms with E-state index >= 15 is 0 Å². The molecule has 0 aromatic heterocycles. The molecule has 0 amide bonds. The SMILES string of the molecule is COC(=O)C1CC12CCC1(CC2)OCCO1. The van der Waals surface area contributed by atoms with Gasteiger partial charge in [0, 0.05) is 12.8 Å². The molecule has 0 bridgehead atoms. The van der Waals surface area contributed by atoms with E-state index < -0.39 is 0 Å². The lowest BCUT2D eigenvalue weighted by molar-refractivity contribution is -0.186. The zero-order valence-corrected chi connectivity index (χ0v) is 9.66. The van der Waals surface area contributed by atoms with E-state index in [0.29, 0.717) is 13.2 Å². The van der Waals surface area contributed by atoms with Crippen LogP contribution in [0.5, 0.6) is 0 Å². The van der Waals surface area contributed by atoms with Gasteiger partial charge in [-0.25, -0.2) is 0 Å². The highest BCUT2D eigenvalue weighted by Gasteiger charge is 2.62. The van der Waals surface area contributed by atoms with Gasteiger partial charge in [0.15, 0.2) is 5.79 Å². The summed E-state index contributed by atoms with van der Waals surface area (Å²) in [5.74, 6) is -0.213. The summed E-state index contributed by atoms with van der Waals surface area (Å²) in [6.07, 6.45) is 4.93. The molecule has 0 aromatic rings. The molecule has 4 nitrogen and oxygen atoms in total. The average Bonchev–Trinajstić information content (AvgIpc) is 2.84. The van der Waals surface area contributed by atoms with E-state index in [1.165, 1.54) is 7.11 Å². The van der Waals surface area contributed by atoms with Crippen LogP contribution in [0.1, 0.15) is 32.1 Å². The van der Waals surface area contributed by atoms with Crippen molar-refractivity contribution in [2.75, 3.05) is 20.3 Å². The summed E-state index contributed by atoms with van der Waals surface area (Å²) >= 11 is 0. The Morgan fingerprint density at radius 2 is 1.81 bits per heavy atom. The van der Waals surface area contributed by atoms with Gasteiger partial charge in [0.05, 0.1) is 26.2 Å². The number of carbonyl (C=O) groups excluding carboxylic acids is 1. The minimum absolute atomic E-state index is 0.0378. The molecule has 1 atom stereocenters. The first kappa shape index (κ1) is 10.5. The van der Waals surface area contributed by atoms with Gasteiger partial charge in [0.1, 0.15) is 0 Å². The van der Waals surface area contributed by atoms with Gasteiger partial charge in [0.2, 0.25) is 0 Å². The third-order valence-electron chi connectivity index (χ3n) is 4.50. The number of hydrogen-bond donors (Lipinski definition) is 0. The average molecular weight is 226 g/mol. The second kappa shape index (κ2) is 3.44. The highest BCUT2D eigenvalue weighted by molar-refractivity contribution is 5.76. The Kier molecular flexibility index (Phi) is 2.27. The molecule has 2 saturated carbocycles. The van der Waals surface area contributed by atoms with Gasteiger partial charge in [-0.1, -0.05) is 0 Å². The third kappa shape index (κ3) is 1.47. The zero-order valence-electron chi connectivity index (χ0n) is 9.66. The van der Waals surface area contributed by atoms with Crippen molar-refractivity contribution in [1.29, 1.82) is 0 Å². The molecule has 1 heterocycles. The van der Waals surface area contributed by atoms with Crippen molar-refractivity contribution in [3.05, 3.63) is 0 Å². The molecule has 90 valence electrons. The number of ether oxygens (including phenoxy) is 3. The number of esters is 1. The Bertz CT molecular complexity index is 296. The fourth-order valence-corrected chi connectivity index (χ4v) is 3.29. The van der Waals surface area contributed by atoms with Crippen molar-refractivity contribution < 1.29 is 19.0 Å². The number of rotatable bonds is 1. The molecule has 2 spiro atoms. The highest BCUT2D eigenvalue weighted by Crippen LogP contribution is 2.63. The lowest BCUT2D eigenvalue weighted by Crippen LogP contribution is -2.36. The molecule has 3 rings (SSSR count). The first-order valence-electron chi connectivity index (χ1n) is 6.06. The first-order chi connectivity index (χ1) is 7.70. The van der Waals surface area contributed by atoms with Crippen LogP contribution < -0.4 is 0 Å². The summed E-state index contributed by atoms with van der Waals surface area (Å²) < 4.78 is 16.2. The normalized spacial score (nSPS) is 34.2. The van der Waals surface area contributed by atoms with E-state index in [1.54, 1.807) is 0 Å². The van der Waals surface area contributed by atoms with Gasteiger partial charge >= 0.3 is 5.97 Å². The fourth-order valence-electron chi connectivity index (χ4n) is 3.29. The summed E-state index contributed by atoms with van der Waals surface area (Å²) in [5, 5.41) is 0. The molecule has 0 radical (unpaired) electrons. The first-order valence-corrected chi connectivity index (χ1v) is 6.06. The van der Waals surface area contributed by atoms with Crippen molar-refractivity contribution in [3.63, 3.8) is 0 Å². The van der Waals surface area contributed by atoms with Gasteiger partial charge in [-0.15, -0.1) is 0 Å². The van der Waals surface area contributed by atoms with Gasteiger partial charge in [0.25, 0.3) is 0 Å². The van der Waals surface area contributed by atoms with Gasteiger partial charge in [-0.3, -0.25) is 4.79 Å². The topological polar surface area (TPSA) is 44.8 Å². The van der Waals surface area contributed by atoms with Crippen LogP contribution in [0.25, 0.3) is 0 Å². The molecule has 2 aliphatic carbocycles. The van der Waals surface area contributed by atoms with Crippen LogP contribution in [0, 0.1) is 11.3 Å². The van der Waals surface area contributed by atoms with Gasteiger partial charge < -0.3 is 14.2 Å². The Labute approximate surface area is 95.2 Å². The van der Waals surface area contributed by atoms with Crippen LogP contribution in [0.2, 0.25) is 0 Å². The molecule has 1 aliphatic heterocycles. The predicted molar refractivity (Wildman–Crippen MR) is 55.7 cm³/mol. The summed E-state index contributed by atoms with van der Waals surface area (Å²) in [6, 6.07) is 0. The van der Waals surface area contributed by atoms with E-state index in [-0.39, 0.29) is 23.1 Å². The maximum atomic E-state index is 11.5. The summed E-state index contributed by atoms with van der Waals surface area (Å²) in [7, 11) is 1.47. The van der Waals surface area contributed by atoms with Gasteiger partial charge in [-0.05, 0) is 24.7 Å². The summed E-state index contributed by atoms with van der Waals surface area (Å²) in [6.45, 7) is 1.43. The molecule has 16 heavy (non-hydrogen) atoms. The highest BCUT2D eigenvalue weighted by atomic mass is 16.7. The molecular weight excluding hydrogens is 208 g/mol. The Morgan fingerprint density at radius 1 is 1.19 bits per heavy atom. The zero-order chi connectivity index (χ0) is 11.2. The van der Waals surface area contributed by atoms with Crippen molar-refractivity contribution in [2.24, 2.45) is 11.3 Å². The van der Waals surface area contributed by atoms with Crippen LogP contribution in [0.4, 0.5) is 0 Å². The molecule has 1 unspecified atom stereocenters. The quantitative estimate of drug-likeness (QED) is 0.635. The van der Waals surface area contributed by atoms with E-state index in [9.17, 15) is 4.79 Å². The van der Waals surface area contributed by atoms with Crippen molar-refractivity contribution >= 4 is 5.97 Å².